The van der Waals surface area contributed by atoms with Gasteiger partial charge in [-0.25, -0.2) is 0 Å². The van der Waals surface area contributed by atoms with Gasteiger partial charge in [0.2, 0.25) is 0 Å². The number of benzene rings is 1. The first kappa shape index (κ1) is 14.2. The predicted molar refractivity (Wildman–Crippen MR) is 59.3 cm³/mol. The van der Waals surface area contributed by atoms with Crippen molar-refractivity contribution in [2.45, 2.75) is 3.67 Å². The fourth-order valence-corrected chi connectivity index (χ4v) is 2.70. The average Bonchev–Trinajstić information content (AvgIpc) is 2.47. The monoisotopic (exact) mass is 397 g/mol. The fourth-order valence-electron chi connectivity index (χ4n) is 1.41. The molecule has 1 atom stereocenters. The van der Waals surface area contributed by atoms with Crippen molar-refractivity contribution in [3.8, 4) is 5.75 Å². The molecule has 1 unspecified atom stereocenters. The minimum Gasteiger partial charge on any atom is -0.147 e. The number of rotatable bonds is 1. The summed E-state index contributed by atoms with van der Waals surface area (Å²) >= 11 is 1.20. The molecule has 0 aliphatic heterocycles. The van der Waals surface area contributed by atoms with Crippen molar-refractivity contribution in [3.05, 3.63) is 35.4 Å². The minimum atomic E-state index is 0. The van der Waals surface area contributed by atoms with Gasteiger partial charge in [0.05, 0.1) is 0 Å². The van der Waals surface area contributed by atoms with E-state index in [0.717, 1.165) is 5.75 Å². The van der Waals surface area contributed by atoms with Crippen molar-refractivity contribution in [3.63, 3.8) is 0 Å². The number of methoxy groups -OCH3 is 1. The van der Waals surface area contributed by atoms with Crippen LogP contribution in [0.4, 0.5) is 0 Å². The number of fused-ring (bicyclic) bond motifs is 1. The van der Waals surface area contributed by atoms with Gasteiger partial charge in [0, 0.05) is 0 Å². The molecule has 75 valence electrons. The van der Waals surface area contributed by atoms with Crippen LogP contribution >= 0.6 is 24.8 Å². The second kappa shape index (κ2) is 5.94. The summed E-state index contributed by atoms with van der Waals surface area (Å²) in [6, 6.07) is 6.31. The van der Waals surface area contributed by atoms with E-state index in [1.54, 1.807) is 7.11 Å². The first-order chi connectivity index (χ1) is 5.81. The fraction of sp³-hybridized carbons (Fsp3) is 0.200. The first-order valence-corrected chi connectivity index (χ1v) is 5.96. The number of allylic oxidation sites excluding steroid dienone is 1. The third-order valence-corrected chi connectivity index (χ3v) is 3.91. The van der Waals surface area contributed by atoms with E-state index in [-0.39, 0.29) is 24.8 Å². The summed E-state index contributed by atoms with van der Waals surface area (Å²) in [5, 5.41) is 0. The molecule has 14 heavy (non-hydrogen) atoms. The van der Waals surface area contributed by atoms with Crippen LogP contribution in [0, 0.1) is 0 Å². The Kier molecular flexibility index (Phi) is 6.03. The van der Waals surface area contributed by atoms with Crippen LogP contribution in [0.15, 0.2) is 24.3 Å². The summed E-state index contributed by atoms with van der Waals surface area (Å²) < 4.78 is 5.85. The molecule has 0 spiro atoms. The van der Waals surface area contributed by atoms with Gasteiger partial charge in [-0.2, -0.15) is 0 Å². The molecule has 0 heterocycles. The van der Waals surface area contributed by atoms with Crippen LogP contribution in [0.25, 0.3) is 6.08 Å². The third kappa shape index (κ3) is 2.62. The number of ether oxygens (including phenoxy) is 1. The van der Waals surface area contributed by atoms with Crippen LogP contribution in [0.1, 0.15) is 14.8 Å². The maximum atomic E-state index is 5.15. The zero-order valence-electron chi connectivity index (χ0n) is 7.69. The standard InChI is InChI=1S/C10H9O.2ClH.Hf/c1-11-10-6-5-8-3-2-4-9(8)7-10;;;/h2-7H,1H3;2*1H;. The molecule has 1 aromatic carbocycles. The third-order valence-electron chi connectivity index (χ3n) is 2.10. The zero-order valence-corrected chi connectivity index (χ0v) is 12.9. The van der Waals surface area contributed by atoms with Crippen LogP contribution < -0.4 is 4.74 Å². The molecule has 0 aromatic heterocycles. The first-order valence-electron chi connectivity index (χ1n) is 3.88. The van der Waals surface area contributed by atoms with Crippen molar-refractivity contribution in [2.75, 3.05) is 7.11 Å². The Morgan fingerprint density at radius 1 is 1.29 bits per heavy atom. The van der Waals surface area contributed by atoms with E-state index in [2.05, 4.69) is 24.3 Å². The van der Waals surface area contributed by atoms with Gasteiger partial charge in [-0.05, 0) is 0 Å². The summed E-state index contributed by atoms with van der Waals surface area (Å²) in [7, 11) is 1.71. The number of hydrogen-bond donors (Lipinski definition) is 0. The van der Waals surface area contributed by atoms with Crippen molar-refractivity contribution < 1.29 is 29.1 Å². The molecule has 0 amide bonds. The molecule has 1 aliphatic carbocycles. The Labute approximate surface area is 111 Å². The van der Waals surface area contributed by atoms with Gasteiger partial charge in [-0.15, -0.1) is 24.8 Å². The Bertz CT molecular complexity index is 339. The van der Waals surface area contributed by atoms with E-state index in [0.29, 0.717) is 3.67 Å². The Morgan fingerprint density at radius 3 is 2.64 bits per heavy atom. The molecule has 0 bridgehead atoms. The van der Waals surface area contributed by atoms with E-state index in [9.17, 15) is 0 Å². The SMILES string of the molecule is COc1ccc2c(c1)C=C[CH]2[Hf].Cl.Cl. The van der Waals surface area contributed by atoms with Gasteiger partial charge in [-0.3, -0.25) is 0 Å². The average molecular weight is 397 g/mol. The largest absolute Gasteiger partial charge is 0.147 e. The van der Waals surface area contributed by atoms with Crippen LogP contribution in [-0.4, -0.2) is 7.11 Å². The Morgan fingerprint density at radius 2 is 2.00 bits per heavy atom. The summed E-state index contributed by atoms with van der Waals surface area (Å²) in [5.41, 5.74) is 2.79. The molecule has 0 saturated heterocycles. The molecule has 2 rings (SSSR count). The topological polar surface area (TPSA) is 9.23 Å². The van der Waals surface area contributed by atoms with Crippen LogP contribution in [0.3, 0.4) is 0 Å². The van der Waals surface area contributed by atoms with Gasteiger partial charge in [0.25, 0.3) is 0 Å². The van der Waals surface area contributed by atoms with Crippen molar-refractivity contribution in [1.29, 1.82) is 0 Å². The summed E-state index contributed by atoms with van der Waals surface area (Å²) in [6.45, 7) is 0. The van der Waals surface area contributed by atoms with E-state index < -0.39 is 0 Å². The molecule has 0 fully saturated rings. The number of halogens is 2. The van der Waals surface area contributed by atoms with E-state index >= 15 is 0 Å². The molecule has 0 N–H and O–H groups in total. The summed E-state index contributed by atoms with van der Waals surface area (Å²) in [6.07, 6.45) is 4.46. The van der Waals surface area contributed by atoms with E-state index in [4.69, 9.17) is 4.74 Å². The molecule has 0 saturated carbocycles. The Hall–Kier alpha value is 0.210. The molecular formula is C10H11Cl2HfO. The van der Waals surface area contributed by atoms with E-state index in [1.807, 2.05) is 6.07 Å². The molecule has 1 aliphatic rings. The van der Waals surface area contributed by atoms with Crippen LogP contribution in [-0.2, 0) is 24.4 Å². The van der Waals surface area contributed by atoms with Crippen molar-refractivity contribution in [2.24, 2.45) is 0 Å². The van der Waals surface area contributed by atoms with Gasteiger partial charge < -0.3 is 0 Å². The normalized spacial score (nSPS) is 16.4. The number of hydrogen-bond acceptors (Lipinski definition) is 1. The molecule has 1 nitrogen and oxygen atoms in total. The van der Waals surface area contributed by atoms with Gasteiger partial charge in [-0.1, -0.05) is 0 Å². The van der Waals surface area contributed by atoms with Gasteiger partial charge in [0.15, 0.2) is 0 Å². The van der Waals surface area contributed by atoms with Crippen molar-refractivity contribution in [1.82, 2.24) is 0 Å². The predicted octanol–water partition coefficient (Wildman–Crippen LogP) is 3.15. The molecule has 4 heteroatoms. The maximum Gasteiger partial charge on any atom is -0.147 e. The van der Waals surface area contributed by atoms with Gasteiger partial charge in [0.1, 0.15) is 0 Å². The van der Waals surface area contributed by atoms with Crippen LogP contribution in [0.5, 0.6) is 5.75 Å². The zero-order chi connectivity index (χ0) is 8.55. The van der Waals surface area contributed by atoms with Gasteiger partial charge >= 0.3 is 87.1 Å². The minimum absolute atomic E-state index is 0. The summed E-state index contributed by atoms with van der Waals surface area (Å²) in [4.78, 5) is 0. The maximum absolute atomic E-state index is 5.15. The quantitative estimate of drug-likeness (QED) is 0.663. The second-order valence-electron chi connectivity index (χ2n) is 2.83. The molecular weight excluding hydrogens is 386 g/mol. The smallest absolute Gasteiger partial charge is 0.147 e. The summed E-state index contributed by atoms with van der Waals surface area (Å²) in [5.74, 6) is 0.953. The molecule has 0 radical (unpaired) electrons. The van der Waals surface area contributed by atoms with Crippen LogP contribution in [0.2, 0.25) is 0 Å². The molecule has 1 aromatic rings. The second-order valence-corrected chi connectivity index (χ2v) is 5.07. The van der Waals surface area contributed by atoms with Crippen molar-refractivity contribution >= 4 is 30.9 Å². The van der Waals surface area contributed by atoms with E-state index in [1.165, 1.54) is 35.5 Å². The Balaban J connectivity index is 0.000000845.